The summed E-state index contributed by atoms with van der Waals surface area (Å²) in [6, 6.07) is 37.9. The highest BCUT2D eigenvalue weighted by atomic mass is 15.0. The van der Waals surface area contributed by atoms with Gasteiger partial charge in [0.2, 0.25) is 0 Å². The Balaban J connectivity index is 1.83. The second kappa shape index (κ2) is 7.06. The number of benzene rings is 4. The van der Waals surface area contributed by atoms with Crippen LogP contribution in [0.3, 0.4) is 0 Å². The molecule has 0 fully saturated rings. The topological polar surface area (TPSA) is 24.4 Å². The van der Waals surface area contributed by atoms with E-state index in [2.05, 4.69) is 115 Å². The van der Waals surface area contributed by atoms with Crippen molar-refractivity contribution in [3.63, 3.8) is 0 Å². The van der Waals surface area contributed by atoms with Crippen molar-refractivity contribution in [2.75, 3.05) is 5.32 Å². The predicted molar refractivity (Wildman–Crippen MR) is 121 cm³/mol. The number of para-hydroxylation sites is 2. The summed E-state index contributed by atoms with van der Waals surface area (Å²) < 4.78 is 0. The van der Waals surface area contributed by atoms with Crippen LogP contribution in [0.25, 0.3) is 0 Å². The van der Waals surface area contributed by atoms with Crippen LogP contribution in [0.2, 0.25) is 0 Å². The molecule has 0 unspecified atom stereocenters. The molecular weight excluding hydrogens is 352 g/mol. The predicted octanol–water partition coefficient (Wildman–Crippen LogP) is 6.54. The molecule has 0 spiro atoms. The smallest absolute Gasteiger partial charge is 0.0871 e. The molecule has 0 aliphatic carbocycles. The summed E-state index contributed by atoms with van der Waals surface area (Å²) >= 11 is 0. The molecule has 1 N–H and O–H groups in total. The number of nitrogens with zero attached hydrogens (tertiary/aromatic N) is 1. The maximum absolute atomic E-state index is 5.21. The Hall–Kier alpha value is -3.65. The third-order valence-corrected chi connectivity index (χ3v) is 5.64. The van der Waals surface area contributed by atoms with E-state index < -0.39 is 5.54 Å². The summed E-state index contributed by atoms with van der Waals surface area (Å²) in [5, 5.41) is 3.87. The summed E-state index contributed by atoms with van der Waals surface area (Å²) in [5.41, 5.74) is 7.23. The van der Waals surface area contributed by atoms with Crippen LogP contribution in [-0.2, 0) is 5.54 Å². The molecule has 0 saturated carbocycles. The van der Waals surface area contributed by atoms with Crippen LogP contribution in [0.15, 0.2) is 114 Å². The first kappa shape index (κ1) is 17.4. The average Bonchev–Trinajstić information content (AvgIpc) is 2.78. The number of rotatable bonds is 2. The Morgan fingerprint density at radius 2 is 1.28 bits per heavy atom. The molecule has 1 aliphatic heterocycles. The van der Waals surface area contributed by atoms with Crippen LogP contribution in [0.1, 0.15) is 29.2 Å². The normalized spacial score (nSPS) is 17.8. The van der Waals surface area contributed by atoms with Crippen LogP contribution in [-0.4, -0.2) is 5.71 Å². The zero-order valence-electron chi connectivity index (χ0n) is 16.3. The molecule has 4 aromatic carbocycles. The fourth-order valence-corrected chi connectivity index (χ4v) is 4.13. The Morgan fingerprint density at radius 3 is 2.07 bits per heavy atom. The molecule has 140 valence electrons. The minimum Gasteiger partial charge on any atom is -0.371 e. The van der Waals surface area contributed by atoms with Gasteiger partial charge in [0, 0.05) is 22.4 Å². The fourth-order valence-electron chi connectivity index (χ4n) is 4.13. The van der Waals surface area contributed by atoms with E-state index in [1.54, 1.807) is 0 Å². The maximum Gasteiger partial charge on any atom is 0.0871 e. The summed E-state index contributed by atoms with van der Waals surface area (Å²) in [4.78, 5) is 5.21. The molecule has 0 saturated heterocycles. The Kier molecular flexibility index (Phi) is 4.25. The molecule has 0 aromatic heterocycles. The number of aliphatic imine (C=N–C) groups is 1. The fraction of sp³-hybridized carbons (Fsp3) is 0.0741. The first-order chi connectivity index (χ1) is 14.3. The van der Waals surface area contributed by atoms with Crippen molar-refractivity contribution in [2.24, 2.45) is 4.99 Å². The number of anilines is 1. The van der Waals surface area contributed by atoms with E-state index >= 15 is 0 Å². The average molecular weight is 374 g/mol. The molecule has 4 aromatic rings. The van der Waals surface area contributed by atoms with E-state index in [1.165, 1.54) is 5.56 Å². The van der Waals surface area contributed by atoms with Gasteiger partial charge in [0.15, 0.2) is 0 Å². The van der Waals surface area contributed by atoms with Gasteiger partial charge >= 0.3 is 0 Å². The SMILES string of the molecule is C[C@@]1(c2ccccc2)Nc2ccccc2C(c2ccccc2)=Nc2ccccc21. The quantitative estimate of drug-likeness (QED) is 0.423. The van der Waals surface area contributed by atoms with Gasteiger partial charge in [0.1, 0.15) is 0 Å². The molecule has 2 heteroatoms. The second-order valence-corrected chi connectivity index (χ2v) is 7.51. The lowest BCUT2D eigenvalue weighted by Crippen LogP contribution is -2.35. The zero-order valence-corrected chi connectivity index (χ0v) is 16.3. The van der Waals surface area contributed by atoms with Crippen molar-refractivity contribution in [3.8, 4) is 0 Å². The van der Waals surface area contributed by atoms with E-state index in [0.29, 0.717) is 0 Å². The van der Waals surface area contributed by atoms with Gasteiger partial charge in [-0.25, -0.2) is 4.99 Å². The maximum atomic E-state index is 5.21. The second-order valence-electron chi connectivity index (χ2n) is 7.51. The molecule has 0 radical (unpaired) electrons. The Labute approximate surface area is 171 Å². The lowest BCUT2D eigenvalue weighted by Gasteiger charge is -2.36. The molecule has 0 bridgehead atoms. The van der Waals surface area contributed by atoms with Crippen LogP contribution in [0.4, 0.5) is 11.4 Å². The van der Waals surface area contributed by atoms with E-state index in [4.69, 9.17) is 4.99 Å². The monoisotopic (exact) mass is 374 g/mol. The zero-order chi connectivity index (χ0) is 19.7. The first-order valence-electron chi connectivity index (χ1n) is 9.92. The van der Waals surface area contributed by atoms with Gasteiger partial charge in [-0.2, -0.15) is 0 Å². The molecule has 2 nitrogen and oxygen atoms in total. The molecule has 5 rings (SSSR count). The van der Waals surface area contributed by atoms with Crippen molar-refractivity contribution in [1.82, 2.24) is 0 Å². The van der Waals surface area contributed by atoms with Crippen molar-refractivity contribution >= 4 is 17.1 Å². The molecule has 0 amide bonds. The highest BCUT2D eigenvalue weighted by Gasteiger charge is 2.33. The van der Waals surface area contributed by atoms with E-state index in [-0.39, 0.29) is 0 Å². The van der Waals surface area contributed by atoms with E-state index in [9.17, 15) is 0 Å². The summed E-state index contributed by atoms with van der Waals surface area (Å²) in [5.74, 6) is 0. The third kappa shape index (κ3) is 3.03. The van der Waals surface area contributed by atoms with Crippen molar-refractivity contribution in [3.05, 3.63) is 131 Å². The number of hydrogen-bond donors (Lipinski definition) is 1. The van der Waals surface area contributed by atoms with Crippen LogP contribution in [0, 0.1) is 0 Å². The summed E-state index contributed by atoms with van der Waals surface area (Å²) in [6.07, 6.45) is 0. The van der Waals surface area contributed by atoms with Gasteiger partial charge in [-0.1, -0.05) is 97.1 Å². The van der Waals surface area contributed by atoms with E-state index in [1.807, 2.05) is 6.07 Å². The summed E-state index contributed by atoms with van der Waals surface area (Å²) in [6.45, 7) is 2.24. The molecule has 1 heterocycles. The number of hydrogen-bond acceptors (Lipinski definition) is 2. The lowest BCUT2D eigenvalue weighted by atomic mass is 9.82. The lowest BCUT2D eigenvalue weighted by molar-refractivity contribution is 0.660. The number of nitrogens with one attached hydrogen (secondary N) is 1. The Morgan fingerprint density at radius 1 is 0.655 bits per heavy atom. The van der Waals surface area contributed by atoms with E-state index in [0.717, 1.165) is 33.8 Å². The Bertz CT molecular complexity index is 1180. The van der Waals surface area contributed by atoms with Gasteiger partial charge in [-0.05, 0) is 24.6 Å². The van der Waals surface area contributed by atoms with Gasteiger partial charge < -0.3 is 5.32 Å². The van der Waals surface area contributed by atoms with Gasteiger partial charge in [-0.15, -0.1) is 0 Å². The molecular formula is C27H22N2. The molecule has 1 aliphatic rings. The van der Waals surface area contributed by atoms with Crippen LogP contribution in [0.5, 0.6) is 0 Å². The standard InChI is InChI=1S/C27H22N2/c1-27(21-14-6-3-7-15-21)23-17-9-11-19-25(23)28-26(20-12-4-2-5-13-20)22-16-8-10-18-24(22)29-27/h2-19,29H,1H3/t27-/m0/s1. The van der Waals surface area contributed by atoms with Crippen molar-refractivity contribution in [1.29, 1.82) is 0 Å². The van der Waals surface area contributed by atoms with Gasteiger partial charge in [0.05, 0.1) is 16.9 Å². The summed E-state index contributed by atoms with van der Waals surface area (Å²) in [7, 11) is 0. The van der Waals surface area contributed by atoms with Crippen molar-refractivity contribution < 1.29 is 0 Å². The number of fused-ring (bicyclic) bond motifs is 2. The molecule has 29 heavy (non-hydrogen) atoms. The largest absolute Gasteiger partial charge is 0.371 e. The van der Waals surface area contributed by atoms with Gasteiger partial charge in [0.25, 0.3) is 0 Å². The highest BCUT2D eigenvalue weighted by Crippen LogP contribution is 2.41. The minimum atomic E-state index is -0.403. The van der Waals surface area contributed by atoms with Crippen LogP contribution >= 0.6 is 0 Å². The van der Waals surface area contributed by atoms with Gasteiger partial charge in [-0.3, -0.25) is 0 Å². The minimum absolute atomic E-state index is 0.403. The highest BCUT2D eigenvalue weighted by molar-refractivity contribution is 6.17. The molecule has 1 atom stereocenters. The van der Waals surface area contributed by atoms with Crippen molar-refractivity contribution in [2.45, 2.75) is 12.5 Å². The van der Waals surface area contributed by atoms with Crippen LogP contribution < -0.4 is 5.32 Å². The first-order valence-corrected chi connectivity index (χ1v) is 9.92. The third-order valence-electron chi connectivity index (χ3n) is 5.64.